The van der Waals surface area contributed by atoms with Crippen LogP contribution in [0.5, 0.6) is 0 Å². The second-order valence-electron chi connectivity index (χ2n) is 12.1. The van der Waals surface area contributed by atoms with Crippen LogP contribution in [0.2, 0.25) is 0 Å². The molecule has 4 aromatic carbocycles. The average molecular weight is 535 g/mol. The molecular weight excluding hydrogens is 494 g/mol. The first-order valence-corrected chi connectivity index (χ1v) is 17.4. The highest BCUT2D eigenvalue weighted by Gasteiger charge is 2.56. The molecule has 0 aliphatic heterocycles. The van der Waals surface area contributed by atoms with Gasteiger partial charge in [-0.3, -0.25) is 0 Å². The predicted molar refractivity (Wildman–Crippen MR) is 170 cm³/mol. The average Bonchev–Trinajstić information content (AvgIpc) is 2.98. The van der Waals surface area contributed by atoms with E-state index < -0.39 is 15.8 Å². The lowest BCUT2D eigenvalue weighted by Crippen LogP contribution is -2.55. The van der Waals surface area contributed by atoms with E-state index in [1.807, 2.05) is 0 Å². The molecule has 2 atom stereocenters. The molecule has 2 bridgehead atoms. The normalized spacial score (nSPS) is 26.6. The Hall–Kier alpha value is -2.26. The van der Waals surface area contributed by atoms with Crippen molar-refractivity contribution in [3.63, 3.8) is 0 Å². The topological polar surface area (TPSA) is 0 Å². The molecule has 3 aliphatic carbocycles. The summed E-state index contributed by atoms with van der Waals surface area (Å²) in [4.78, 5) is 0. The van der Waals surface area contributed by atoms with E-state index in [4.69, 9.17) is 0 Å². The summed E-state index contributed by atoms with van der Waals surface area (Å²) in [6.45, 7) is 5.31. The lowest BCUT2D eigenvalue weighted by molar-refractivity contribution is -0.0838. The van der Waals surface area contributed by atoms with Crippen molar-refractivity contribution in [2.24, 2.45) is 22.7 Å². The first-order valence-electron chi connectivity index (χ1n) is 14.3. The van der Waals surface area contributed by atoms with E-state index in [9.17, 15) is 0 Å². The Morgan fingerprint density at radius 1 is 0.447 bits per heavy atom. The first kappa shape index (κ1) is 26.0. The molecule has 2 heteroatoms. The lowest BCUT2D eigenvalue weighted by Gasteiger charge is -2.62. The maximum absolute atomic E-state index is 2.65. The molecule has 2 unspecified atom stereocenters. The zero-order valence-corrected chi connectivity index (χ0v) is 24.6. The van der Waals surface area contributed by atoms with Gasteiger partial charge in [-0.05, 0) is 97.7 Å². The molecule has 194 valence electrons. The monoisotopic (exact) mass is 534 g/mol. The van der Waals surface area contributed by atoms with Crippen LogP contribution in [0.1, 0.15) is 39.5 Å². The van der Waals surface area contributed by atoms with Gasteiger partial charge in [-0.2, -0.15) is 0 Å². The summed E-state index contributed by atoms with van der Waals surface area (Å²) < 4.78 is 0. The molecule has 3 fully saturated rings. The van der Waals surface area contributed by atoms with Gasteiger partial charge in [-0.25, -0.2) is 0 Å². The van der Waals surface area contributed by atoms with Crippen LogP contribution < -0.4 is 21.2 Å². The Morgan fingerprint density at radius 2 is 0.684 bits per heavy atom. The molecule has 7 rings (SSSR count). The number of rotatable bonds is 8. The Morgan fingerprint density at radius 3 is 0.921 bits per heavy atom. The predicted octanol–water partition coefficient (Wildman–Crippen LogP) is 8.08. The molecule has 38 heavy (non-hydrogen) atoms. The van der Waals surface area contributed by atoms with Crippen molar-refractivity contribution in [1.82, 2.24) is 0 Å². The van der Waals surface area contributed by atoms with Gasteiger partial charge in [-0.15, -0.1) is 0 Å². The maximum Gasteiger partial charge on any atom is -0.0195 e. The van der Waals surface area contributed by atoms with Crippen LogP contribution in [-0.4, -0.2) is 12.3 Å². The highest BCUT2D eigenvalue weighted by molar-refractivity contribution is 7.73. The SMILES string of the molecule is CC12CCC(C)(CC1)C(CP(c1ccccc1)c1ccccc1)C2CP(c1ccccc1)c1ccccc1. The molecular formula is C36H40P2. The fourth-order valence-corrected chi connectivity index (χ4v) is 13.1. The molecule has 0 aromatic heterocycles. The lowest BCUT2D eigenvalue weighted by atomic mass is 9.46. The van der Waals surface area contributed by atoms with Crippen molar-refractivity contribution in [2.75, 3.05) is 12.3 Å². The summed E-state index contributed by atoms with van der Waals surface area (Å²) in [5, 5.41) is 6.15. The third-order valence-electron chi connectivity index (χ3n) is 9.84. The molecule has 3 aliphatic rings. The van der Waals surface area contributed by atoms with Gasteiger partial charge in [-0.1, -0.05) is 135 Å². The van der Waals surface area contributed by atoms with Crippen LogP contribution in [-0.2, 0) is 0 Å². The standard InChI is InChI=1S/C36H40P2/c1-35-23-25-36(2,26-24-35)34(28-38(31-19-11-5-12-20-31)32-21-13-6-14-22-32)33(35)27-37(29-15-7-3-8-16-29)30-17-9-4-10-18-30/h3-22,33-34H,23-28H2,1-2H3. The van der Waals surface area contributed by atoms with Crippen LogP contribution in [0, 0.1) is 22.7 Å². The Bertz CT molecular complexity index is 1110. The molecule has 0 nitrogen and oxygen atoms in total. The van der Waals surface area contributed by atoms with Crippen molar-refractivity contribution in [2.45, 2.75) is 39.5 Å². The van der Waals surface area contributed by atoms with Crippen LogP contribution >= 0.6 is 15.8 Å². The smallest absolute Gasteiger partial charge is 0.0195 e. The van der Waals surface area contributed by atoms with E-state index in [1.54, 1.807) is 0 Å². The quantitative estimate of drug-likeness (QED) is 0.201. The van der Waals surface area contributed by atoms with E-state index in [2.05, 4.69) is 135 Å². The molecule has 3 saturated carbocycles. The van der Waals surface area contributed by atoms with Crippen molar-refractivity contribution in [3.05, 3.63) is 121 Å². The minimum absolute atomic E-state index is 0.393. The number of benzene rings is 4. The van der Waals surface area contributed by atoms with Crippen molar-refractivity contribution in [3.8, 4) is 0 Å². The second-order valence-corrected chi connectivity index (χ2v) is 16.6. The number of hydrogen-bond acceptors (Lipinski definition) is 0. The summed E-state index contributed by atoms with van der Waals surface area (Å²) >= 11 is 0. The van der Waals surface area contributed by atoms with Crippen molar-refractivity contribution in [1.29, 1.82) is 0 Å². The third-order valence-corrected chi connectivity index (χ3v) is 15.0. The van der Waals surface area contributed by atoms with E-state index in [0.29, 0.717) is 10.8 Å². The Balaban J connectivity index is 1.41. The zero-order valence-electron chi connectivity index (χ0n) is 22.8. The second kappa shape index (κ2) is 11.1. The van der Waals surface area contributed by atoms with Gasteiger partial charge in [0.25, 0.3) is 0 Å². The number of hydrogen-bond donors (Lipinski definition) is 0. The van der Waals surface area contributed by atoms with Crippen LogP contribution in [0.3, 0.4) is 0 Å². The summed E-state index contributed by atoms with van der Waals surface area (Å²) in [7, 11) is -0.785. The molecule has 0 saturated heterocycles. The fraction of sp³-hybridized carbons (Fsp3) is 0.333. The Labute approximate surface area is 232 Å². The molecule has 0 amide bonds. The van der Waals surface area contributed by atoms with Gasteiger partial charge >= 0.3 is 0 Å². The molecule has 4 aromatic rings. The summed E-state index contributed by atoms with van der Waals surface area (Å²) in [6.07, 6.45) is 8.20. The van der Waals surface area contributed by atoms with Gasteiger partial charge in [0.05, 0.1) is 0 Å². The van der Waals surface area contributed by atoms with Crippen LogP contribution in [0.25, 0.3) is 0 Å². The first-order chi connectivity index (χ1) is 18.6. The Kier molecular flexibility index (Phi) is 7.58. The maximum atomic E-state index is 2.65. The van der Waals surface area contributed by atoms with Gasteiger partial charge < -0.3 is 0 Å². The third kappa shape index (κ3) is 5.16. The molecule has 0 radical (unpaired) electrons. The summed E-state index contributed by atoms with van der Waals surface area (Å²) in [6, 6.07) is 45.7. The van der Waals surface area contributed by atoms with E-state index in [0.717, 1.165) is 11.8 Å². The fourth-order valence-electron chi connectivity index (χ4n) is 7.35. The summed E-state index contributed by atoms with van der Waals surface area (Å²) in [5.41, 5.74) is 0.891. The van der Waals surface area contributed by atoms with Crippen molar-refractivity contribution < 1.29 is 0 Å². The highest BCUT2D eigenvalue weighted by atomic mass is 31.1. The molecule has 0 spiro atoms. The van der Waals surface area contributed by atoms with E-state index in [1.165, 1.54) is 59.2 Å². The highest BCUT2D eigenvalue weighted by Crippen LogP contribution is 2.66. The molecule has 0 N–H and O–H groups in total. The van der Waals surface area contributed by atoms with E-state index in [-0.39, 0.29) is 0 Å². The van der Waals surface area contributed by atoms with Crippen molar-refractivity contribution >= 4 is 37.1 Å². The minimum atomic E-state index is -0.393. The van der Waals surface area contributed by atoms with Gasteiger partial charge in [0.15, 0.2) is 0 Å². The van der Waals surface area contributed by atoms with Gasteiger partial charge in [0.1, 0.15) is 0 Å². The summed E-state index contributed by atoms with van der Waals surface area (Å²) in [5.74, 6) is 1.50. The molecule has 0 heterocycles. The largest absolute Gasteiger partial charge is 0.0622 e. The van der Waals surface area contributed by atoms with Crippen LogP contribution in [0.4, 0.5) is 0 Å². The van der Waals surface area contributed by atoms with Gasteiger partial charge in [0, 0.05) is 0 Å². The number of fused-ring (bicyclic) bond motifs is 3. The zero-order chi connectivity index (χ0) is 26.0. The van der Waals surface area contributed by atoms with E-state index >= 15 is 0 Å². The van der Waals surface area contributed by atoms with Gasteiger partial charge in [0.2, 0.25) is 0 Å². The minimum Gasteiger partial charge on any atom is -0.0622 e. The van der Waals surface area contributed by atoms with Crippen LogP contribution in [0.15, 0.2) is 121 Å².